The zero-order chi connectivity index (χ0) is 12.2. The fourth-order valence-electron chi connectivity index (χ4n) is 1.13. The van der Waals surface area contributed by atoms with Gasteiger partial charge in [-0.15, -0.1) is 0 Å². The number of aromatic nitrogens is 1. The lowest BCUT2D eigenvalue weighted by Gasteiger charge is -2.16. The first kappa shape index (κ1) is 12.9. The number of likely N-dealkylation sites (N-methyl/N-ethyl adjacent to an activating group) is 2. The standard InChI is InChI=1S/C9H15N3O3S/c1-10-5-6-12(2)16(14,15)8-3-4-9(13)11-7-8/h3-4,7,10H,5-6H2,1-2H3,(H,11,13). The Hall–Kier alpha value is -1.18. The van der Waals surface area contributed by atoms with Gasteiger partial charge in [-0.05, 0) is 13.1 Å². The third-order valence-electron chi connectivity index (χ3n) is 2.14. The highest BCUT2D eigenvalue weighted by Crippen LogP contribution is 2.10. The van der Waals surface area contributed by atoms with Gasteiger partial charge < -0.3 is 10.3 Å². The van der Waals surface area contributed by atoms with Crippen LogP contribution in [0.15, 0.2) is 28.0 Å². The lowest BCUT2D eigenvalue weighted by atomic mass is 10.5. The maximum atomic E-state index is 11.9. The lowest BCUT2D eigenvalue weighted by Crippen LogP contribution is -2.33. The molecule has 0 aromatic carbocycles. The fourth-order valence-corrected chi connectivity index (χ4v) is 2.27. The molecule has 1 heterocycles. The quantitative estimate of drug-likeness (QED) is 0.712. The van der Waals surface area contributed by atoms with Gasteiger partial charge in [0.25, 0.3) is 0 Å². The van der Waals surface area contributed by atoms with Crippen molar-refractivity contribution in [1.29, 1.82) is 0 Å². The number of pyridine rings is 1. The molecule has 0 amide bonds. The van der Waals surface area contributed by atoms with Gasteiger partial charge in [0.15, 0.2) is 0 Å². The van der Waals surface area contributed by atoms with Crippen LogP contribution in [0.1, 0.15) is 0 Å². The van der Waals surface area contributed by atoms with E-state index in [1.807, 2.05) is 0 Å². The van der Waals surface area contributed by atoms with Crippen molar-refractivity contribution in [3.05, 3.63) is 28.7 Å². The van der Waals surface area contributed by atoms with E-state index < -0.39 is 10.0 Å². The Balaban J connectivity index is 2.93. The summed E-state index contributed by atoms with van der Waals surface area (Å²) >= 11 is 0. The van der Waals surface area contributed by atoms with Gasteiger partial charge in [-0.25, -0.2) is 8.42 Å². The molecular weight excluding hydrogens is 230 g/mol. The second-order valence-corrected chi connectivity index (χ2v) is 5.36. The number of aromatic amines is 1. The average Bonchev–Trinajstić information content (AvgIpc) is 2.26. The molecule has 0 aliphatic heterocycles. The van der Waals surface area contributed by atoms with E-state index in [2.05, 4.69) is 10.3 Å². The van der Waals surface area contributed by atoms with Crippen molar-refractivity contribution in [3.63, 3.8) is 0 Å². The number of H-pyrrole nitrogens is 1. The van der Waals surface area contributed by atoms with E-state index in [0.29, 0.717) is 13.1 Å². The lowest BCUT2D eigenvalue weighted by molar-refractivity contribution is 0.465. The Morgan fingerprint density at radius 3 is 2.62 bits per heavy atom. The summed E-state index contributed by atoms with van der Waals surface area (Å²) in [7, 11) is -0.257. The molecule has 0 radical (unpaired) electrons. The summed E-state index contributed by atoms with van der Waals surface area (Å²) < 4.78 is 25.1. The first-order valence-corrected chi connectivity index (χ1v) is 6.22. The van der Waals surface area contributed by atoms with Gasteiger partial charge in [0, 0.05) is 32.4 Å². The number of rotatable bonds is 5. The Bertz CT molecular complexity index is 474. The van der Waals surface area contributed by atoms with Crippen molar-refractivity contribution < 1.29 is 8.42 Å². The summed E-state index contributed by atoms with van der Waals surface area (Å²) in [6.45, 7) is 0.942. The van der Waals surface area contributed by atoms with Crippen LogP contribution in [0.2, 0.25) is 0 Å². The highest BCUT2D eigenvalue weighted by molar-refractivity contribution is 7.89. The third-order valence-corrected chi connectivity index (χ3v) is 3.99. The highest BCUT2D eigenvalue weighted by Gasteiger charge is 2.19. The maximum Gasteiger partial charge on any atom is 0.247 e. The monoisotopic (exact) mass is 245 g/mol. The zero-order valence-corrected chi connectivity index (χ0v) is 10.0. The zero-order valence-electron chi connectivity index (χ0n) is 9.23. The minimum Gasteiger partial charge on any atom is -0.328 e. The molecule has 2 N–H and O–H groups in total. The van der Waals surface area contributed by atoms with Crippen LogP contribution in [0.5, 0.6) is 0 Å². The van der Waals surface area contributed by atoms with Gasteiger partial charge in [0.2, 0.25) is 15.6 Å². The number of nitrogens with one attached hydrogen (secondary N) is 2. The number of nitrogens with zero attached hydrogens (tertiary/aromatic N) is 1. The molecule has 1 aromatic heterocycles. The summed E-state index contributed by atoms with van der Waals surface area (Å²) in [4.78, 5) is 13.2. The number of sulfonamides is 1. The van der Waals surface area contributed by atoms with Crippen molar-refractivity contribution in [2.75, 3.05) is 27.2 Å². The van der Waals surface area contributed by atoms with Crippen molar-refractivity contribution in [1.82, 2.24) is 14.6 Å². The van der Waals surface area contributed by atoms with E-state index in [-0.39, 0.29) is 10.5 Å². The van der Waals surface area contributed by atoms with Crippen molar-refractivity contribution >= 4 is 10.0 Å². The molecule has 0 aliphatic rings. The van der Waals surface area contributed by atoms with E-state index in [0.717, 1.165) is 0 Å². The van der Waals surface area contributed by atoms with E-state index in [9.17, 15) is 13.2 Å². The van der Waals surface area contributed by atoms with Crippen molar-refractivity contribution in [2.24, 2.45) is 0 Å². The van der Waals surface area contributed by atoms with Gasteiger partial charge in [-0.3, -0.25) is 4.79 Å². The van der Waals surface area contributed by atoms with Gasteiger partial charge in [-0.2, -0.15) is 4.31 Å². The molecular formula is C9H15N3O3S. The van der Waals surface area contributed by atoms with E-state index >= 15 is 0 Å². The van der Waals surface area contributed by atoms with Gasteiger partial charge in [0.05, 0.1) is 4.90 Å². The molecule has 0 saturated heterocycles. The Kier molecular flexibility index (Phi) is 4.22. The molecule has 0 spiro atoms. The van der Waals surface area contributed by atoms with Crippen LogP contribution < -0.4 is 10.9 Å². The van der Waals surface area contributed by atoms with Crippen LogP contribution in [0.25, 0.3) is 0 Å². The van der Waals surface area contributed by atoms with Crippen LogP contribution in [0, 0.1) is 0 Å². The van der Waals surface area contributed by atoms with Crippen LogP contribution in [0.3, 0.4) is 0 Å². The van der Waals surface area contributed by atoms with Crippen LogP contribution in [-0.2, 0) is 10.0 Å². The minimum absolute atomic E-state index is 0.0886. The minimum atomic E-state index is -3.50. The molecule has 1 aromatic rings. The average molecular weight is 245 g/mol. The molecule has 7 heteroatoms. The van der Waals surface area contributed by atoms with Crippen LogP contribution >= 0.6 is 0 Å². The van der Waals surface area contributed by atoms with E-state index in [4.69, 9.17) is 0 Å². The molecule has 6 nitrogen and oxygen atoms in total. The van der Waals surface area contributed by atoms with Gasteiger partial charge in [-0.1, -0.05) is 0 Å². The normalized spacial score (nSPS) is 11.9. The summed E-state index contributed by atoms with van der Waals surface area (Å²) in [5, 5.41) is 2.87. The Morgan fingerprint density at radius 1 is 1.44 bits per heavy atom. The maximum absolute atomic E-state index is 11.9. The largest absolute Gasteiger partial charge is 0.328 e. The summed E-state index contributed by atoms with van der Waals surface area (Å²) in [6.07, 6.45) is 1.20. The van der Waals surface area contributed by atoms with E-state index in [1.54, 1.807) is 7.05 Å². The summed E-state index contributed by atoms with van der Waals surface area (Å²) in [6, 6.07) is 2.49. The molecule has 90 valence electrons. The van der Waals surface area contributed by atoms with Crippen LogP contribution in [-0.4, -0.2) is 44.9 Å². The molecule has 0 fully saturated rings. The molecule has 16 heavy (non-hydrogen) atoms. The van der Waals surface area contributed by atoms with Crippen molar-refractivity contribution in [3.8, 4) is 0 Å². The third kappa shape index (κ3) is 2.91. The SMILES string of the molecule is CNCCN(C)S(=O)(=O)c1ccc(=O)[nH]c1. The summed E-state index contributed by atoms with van der Waals surface area (Å²) in [5.74, 6) is 0. The molecule has 1 rings (SSSR count). The van der Waals surface area contributed by atoms with Gasteiger partial charge >= 0.3 is 0 Å². The second-order valence-electron chi connectivity index (χ2n) is 3.32. The number of hydrogen-bond acceptors (Lipinski definition) is 4. The predicted octanol–water partition coefficient (Wildman–Crippen LogP) is -0.785. The Morgan fingerprint density at radius 2 is 2.12 bits per heavy atom. The Labute approximate surface area is 94.3 Å². The molecule has 0 atom stereocenters. The highest BCUT2D eigenvalue weighted by atomic mass is 32.2. The predicted molar refractivity (Wildman–Crippen MR) is 60.8 cm³/mol. The van der Waals surface area contributed by atoms with Crippen molar-refractivity contribution in [2.45, 2.75) is 4.90 Å². The van der Waals surface area contributed by atoms with Gasteiger partial charge in [0.1, 0.15) is 0 Å². The second kappa shape index (κ2) is 5.24. The first-order valence-electron chi connectivity index (χ1n) is 4.78. The smallest absolute Gasteiger partial charge is 0.247 e. The molecule has 0 bridgehead atoms. The summed E-state index contributed by atoms with van der Waals surface area (Å²) in [5.41, 5.74) is -0.322. The van der Waals surface area contributed by atoms with E-state index in [1.165, 1.54) is 29.7 Å². The number of hydrogen-bond donors (Lipinski definition) is 2. The first-order chi connectivity index (χ1) is 7.48. The molecule has 0 unspecified atom stereocenters. The topological polar surface area (TPSA) is 82.3 Å². The fraction of sp³-hybridized carbons (Fsp3) is 0.444. The molecule has 0 aliphatic carbocycles. The molecule has 0 saturated carbocycles. The van der Waals surface area contributed by atoms with Crippen LogP contribution in [0.4, 0.5) is 0 Å².